The SMILES string of the molecule is CC(N)c1nnc(-c2ccc(=O)[nH]n2)o1. The lowest BCUT2D eigenvalue weighted by Crippen LogP contribution is -2.05. The van der Waals surface area contributed by atoms with E-state index in [-0.39, 0.29) is 17.5 Å². The van der Waals surface area contributed by atoms with E-state index >= 15 is 0 Å². The molecule has 15 heavy (non-hydrogen) atoms. The van der Waals surface area contributed by atoms with Crippen molar-refractivity contribution in [1.82, 2.24) is 20.4 Å². The average Bonchev–Trinajstić information content (AvgIpc) is 2.68. The van der Waals surface area contributed by atoms with Gasteiger partial charge in [-0.15, -0.1) is 10.2 Å². The van der Waals surface area contributed by atoms with Crippen LogP contribution in [0.3, 0.4) is 0 Å². The molecule has 0 fully saturated rings. The zero-order valence-corrected chi connectivity index (χ0v) is 7.97. The molecule has 1 unspecified atom stereocenters. The van der Waals surface area contributed by atoms with E-state index in [0.29, 0.717) is 11.6 Å². The van der Waals surface area contributed by atoms with Gasteiger partial charge >= 0.3 is 0 Å². The number of nitrogens with zero attached hydrogens (tertiary/aromatic N) is 3. The highest BCUT2D eigenvalue weighted by Gasteiger charge is 2.12. The third-order valence-corrected chi connectivity index (χ3v) is 1.73. The monoisotopic (exact) mass is 207 g/mol. The molecular formula is C8H9N5O2. The van der Waals surface area contributed by atoms with Crippen LogP contribution in [0.4, 0.5) is 0 Å². The van der Waals surface area contributed by atoms with Gasteiger partial charge in [0, 0.05) is 6.07 Å². The van der Waals surface area contributed by atoms with Gasteiger partial charge < -0.3 is 10.2 Å². The summed E-state index contributed by atoms with van der Waals surface area (Å²) in [7, 11) is 0. The molecule has 0 spiro atoms. The molecule has 7 nitrogen and oxygen atoms in total. The second-order valence-corrected chi connectivity index (χ2v) is 3.04. The number of aromatic amines is 1. The third kappa shape index (κ3) is 1.91. The molecule has 0 aliphatic rings. The first-order valence-corrected chi connectivity index (χ1v) is 4.32. The summed E-state index contributed by atoms with van der Waals surface area (Å²) in [5.41, 5.74) is 5.68. The molecule has 3 N–H and O–H groups in total. The summed E-state index contributed by atoms with van der Waals surface area (Å²) >= 11 is 0. The molecule has 2 rings (SSSR count). The van der Waals surface area contributed by atoms with E-state index < -0.39 is 0 Å². The smallest absolute Gasteiger partial charge is 0.268 e. The van der Waals surface area contributed by atoms with Crippen molar-refractivity contribution in [2.75, 3.05) is 0 Å². The first-order chi connectivity index (χ1) is 7.16. The number of rotatable bonds is 2. The van der Waals surface area contributed by atoms with E-state index in [1.54, 1.807) is 6.92 Å². The van der Waals surface area contributed by atoms with Crippen molar-refractivity contribution < 1.29 is 4.42 Å². The minimum Gasteiger partial charge on any atom is -0.418 e. The standard InChI is InChI=1S/C8H9N5O2/c1-4(9)7-12-13-8(15-7)5-2-3-6(14)11-10-5/h2-4H,9H2,1H3,(H,11,14). The number of nitrogens with one attached hydrogen (secondary N) is 1. The molecule has 0 saturated heterocycles. The molecule has 0 aromatic carbocycles. The quantitative estimate of drug-likeness (QED) is 0.707. The molecule has 0 saturated carbocycles. The van der Waals surface area contributed by atoms with Crippen LogP contribution in [-0.2, 0) is 0 Å². The van der Waals surface area contributed by atoms with Crippen molar-refractivity contribution in [2.45, 2.75) is 13.0 Å². The first kappa shape index (κ1) is 9.53. The molecule has 1 atom stereocenters. The first-order valence-electron chi connectivity index (χ1n) is 4.32. The average molecular weight is 207 g/mol. The van der Waals surface area contributed by atoms with Gasteiger partial charge in [0.1, 0.15) is 5.69 Å². The minimum absolute atomic E-state index is 0.235. The Balaban J connectivity index is 2.37. The molecular weight excluding hydrogens is 198 g/mol. The maximum atomic E-state index is 10.8. The van der Waals surface area contributed by atoms with Gasteiger partial charge in [-0.25, -0.2) is 5.10 Å². The number of hydrogen-bond acceptors (Lipinski definition) is 6. The highest BCUT2D eigenvalue weighted by atomic mass is 16.4. The van der Waals surface area contributed by atoms with Gasteiger partial charge in [-0.2, -0.15) is 5.10 Å². The molecule has 0 amide bonds. The van der Waals surface area contributed by atoms with Crippen molar-refractivity contribution in [3.63, 3.8) is 0 Å². The third-order valence-electron chi connectivity index (χ3n) is 1.73. The van der Waals surface area contributed by atoms with E-state index in [1.807, 2.05) is 0 Å². The van der Waals surface area contributed by atoms with E-state index in [0.717, 1.165) is 0 Å². The van der Waals surface area contributed by atoms with Gasteiger partial charge in [0.25, 0.3) is 11.4 Å². The van der Waals surface area contributed by atoms with Crippen LogP contribution >= 0.6 is 0 Å². The predicted octanol–water partition coefficient (Wildman–Crippen LogP) is -0.160. The number of H-pyrrole nitrogens is 1. The molecule has 2 aromatic heterocycles. The van der Waals surface area contributed by atoms with Crippen LogP contribution in [0.5, 0.6) is 0 Å². The zero-order valence-electron chi connectivity index (χ0n) is 7.97. The fourth-order valence-corrected chi connectivity index (χ4v) is 0.986. The van der Waals surface area contributed by atoms with Gasteiger partial charge in [-0.1, -0.05) is 0 Å². The Bertz CT molecular complexity index is 495. The summed E-state index contributed by atoms with van der Waals surface area (Å²) in [6.07, 6.45) is 0. The lowest BCUT2D eigenvalue weighted by atomic mass is 10.4. The van der Waals surface area contributed by atoms with Crippen LogP contribution in [-0.4, -0.2) is 20.4 Å². The summed E-state index contributed by atoms with van der Waals surface area (Å²) < 4.78 is 5.24. The Morgan fingerprint density at radius 2 is 2.27 bits per heavy atom. The zero-order chi connectivity index (χ0) is 10.8. The van der Waals surface area contributed by atoms with Gasteiger partial charge in [0.05, 0.1) is 6.04 Å². The Morgan fingerprint density at radius 3 is 2.80 bits per heavy atom. The molecule has 0 radical (unpaired) electrons. The summed E-state index contributed by atoms with van der Waals surface area (Å²) in [4.78, 5) is 10.8. The fourth-order valence-electron chi connectivity index (χ4n) is 0.986. The highest BCUT2D eigenvalue weighted by Crippen LogP contribution is 2.15. The van der Waals surface area contributed by atoms with Crippen molar-refractivity contribution >= 4 is 0 Å². The molecule has 2 heterocycles. The van der Waals surface area contributed by atoms with Crippen LogP contribution in [0.15, 0.2) is 21.3 Å². The van der Waals surface area contributed by atoms with Crippen molar-refractivity contribution in [2.24, 2.45) is 5.73 Å². The number of nitrogens with two attached hydrogens (primary N) is 1. The fraction of sp³-hybridized carbons (Fsp3) is 0.250. The maximum Gasteiger partial charge on any atom is 0.268 e. The summed E-state index contributed by atoms with van der Waals surface area (Å²) in [6, 6.07) is 2.50. The molecule has 0 bridgehead atoms. The largest absolute Gasteiger partial charge is 0.418 e. The second kappa shape index (κ2) is 3.62. The summed E-state index contributed by atoms with van der Waals surface area (Å²) in [6.45, 7) is 1.73. The lowest BCUT2D eigenvalue weighted by Gasteiger charge is -1.94. The molecule has 0 aliphatic heterocycles. The lowest BCUT2D eigenvalue weighted by molar-refractivity contribution is 0.471. The molecule has 7 heteroatoms. The molecule has 0 aliphatic carbocycles. The van der Waals surface area contributed by atoms with Crippen LogP contribution in [0.25, 0.3) is 11.6 Å². The number of hydrogen-bond donors (Lipinski definition) is 2. The molecule has 78 valence electrons. The second-order valence-electron chi connectivity index (χ2n) is 3.04. The Morgan fingerprint density at radius 1 is 1.47 bits per heavy atom. The minimum atomic E-state index is -0.325. The van der Waals surface area contributed by atoms with Crippen LogP contribution in [0.1, 0.15) is 18.9 Å². The van der Waals surface area contributed by atoms with E-state index in [2.05, 4.69) is 20.4 Å². The van der Waals surface area contributed by atoms with Gasteiger partial charge in [0.15, 0.2) is 0 Å². The van der Waals surface area contributed by atoms with Crippen LogP contribution in [0, 0.1) is 0 Å². The predicted molar refractivity (Wildman–Crippen MR) is 50.8 cm³/mol. The summed E-state index contributed by atoms with van der Waals surface area (Å²) in [5, 5.41) is 13.5. The summed E-state index contributed by atoms with van der Waals surface area (Å²) in [5.74, 6) is 0.566. The van der Waals surface area contributed by atoms with Gasteiger partial charge in [-0.3, -0.25) is 4.79 Å². The van der Waals surface area contributed by atoms with Crippen molar-refractivity contribution in [3.05, 3.63) is 28.4 Å². The highest BCUT2D eigenvalue weighted by molar-refractivity contribution is 5.43. The Hall–Kier alpha value is -2.02. The number of aromatic nitrogens is 4. The van der Waals surface area contributed by atoms with Crippen LogP contribution < -0.4 is 11.3 Å². The van der Waals surface area contributed by atoms with E-state index in [9.17, 15) is 4.79 Å². The van der Waals surface area contributed by atoms with Gasteiger partial charge in [-0.05, 0) is 13.0 Å². The van der Waals surface area contributed by atoms with Crippen LogP contribution in [0.2, 0.25) is 0 Å². The Labute approximate surface area is 84.3 Å². The van der Waals surface area contributed by atoms with Crippen molar-refractivity contribution in [3.8, 4) is 11.6 Å². The Kier molecular flexibility index (Phi) is 2.30. The normalized spacial score (nSPS) is 12.7. The van der Waals surface area contributed by atoms with E-state index in [4.69, 9.17) is 10.2 Å². The van der Waals surface area contributed by atoms with E-state index in [1.165, 1.54) is 12.1 Å². The topological polar surface area (TPSA) is 111 Å². The maximum absolute atomic E-state index is 10.8. The molecule has 2 aromatic rings. The van der Waals surface area contributed by atoms with Gasteiger partial charge in [0.2, 0.25) is 5.89 Å². The van der Waals surface area contributed by atoms with Crippen molar-refractivity contribution in [1.29, 1.82) is 0 Å².